The van der Waals surface area contributed by atoms with Gasteiger partial charge in [-0.2, -0.15) is 0 Å². The molecular weight excluding hydrogens is 270 g/mol. The van der Waals surface area contributed by atoms with Gasteiger partial charge in [0.2, 0.25) is 0 Å². The summed E-state index contributed by atoms with van der Waals surface area (Å²) in [6.45, 7) is 3.03. The van der Waals surface area contributed by atoms with Crippen LogP contribution in [0, 0.1) is 0 Å². The van der Waals surface area contributed by atoms with Gasteiger partial charge in [-0.1, -0.05) is 18.3 Å². The van der Waals surface area contributed by atoms with E-state index in [2.05, 4.69) is 11.9 Å². The molecule has 2 aromatic rings. The van der Waals surface area contributed by atoms with Crippen molar-refractivity contribution in [2.45, 2.75) is 38.6 Å². The van der Waals surface area contributed by atoms with E-state index < -0.39 is 0 Å². The zero-order valence-electron chi connectivity index (χ0n) is 11.6. The van der Waals surface area contributed by atoms with Crippen molar-refractivity contribution in [3.05, 3.63) is 23.8 Å². The third-order valence-electron chi connectivity index (χ3n) is 4.01. The van der Waals surface area contributed by atoms with Crippen LogP contribution in [-0.2, 0) is 0 Å². The SMILES string of the molecule is CCC1CCCCN1C(=O)c1ccc2nc(N)sc2c1. The van der Waals surface area contributed by atoms with E-state index in [9.17, 15) is 4.79 Å². The Labute approximate surface area is 122 Å². The lowest BCUT2D eigenvalue weighted by Crippen LogP contribution is -2.43. The van der Waals surface area contributed by atoms with Crippen molar-refractivity contribution < 1.29 is 4.79 Å². The van der Waals surface area contributed by atoms with E-state index in [1.165, 1.54) is 17.8 Å². The van der Waals surface area contributed by atoms with Crippen LogP contribution in [-0.4, -0.2) is 28.4 Å². The quantitative estimate of drug-likeness (QED) is 0.923. The molecule has 0 radical (unpaired) electrons. The summed E-state index contributed by atoms with van der Waals surface area (Å²) in [4.78, 5) is 19.0. The molecule has 0 spiro atoms. The first-order valence-corrected chi connectivity index (χ1v) is 7.97. The smallest absolute Gasteiger partial charge is 0.254 e. The average Bonchev–Trinajstić information content (AvgIpc) is 2.85. The molecule has 1 atom stereocenters. The number of piperidine rings is 1. The number of carbonyl (C=O) groups is 1. The minimum atomic E-state index is 0.144. The predicted molar refractivity (Wildman–Crippen MR) is 83.0 cm³/mol. The molecule has 106 valence electrons. The number of rotatable bonds is 2. The normalized spacial score (nSPS) is 19.4. The molecule has 1 aromatic carbocycles. The molecule has 0 aliphatic carbocycles. The molecule has 1 saturated heterocycles. The summed E-state index contributed by atoms with van der Waals surface area (Å²) in [7, 11) is 0. The highest BCUT2D eigenvalue weighted by molar-refractivity contribution is 7.22. The Bertz CT molecular complexity index is 637. The Balaban J connectivity index is 1.90. The van der Waals surface area contributed by atoms with E-state index in [1.54, 1.807) is 0 Å². The van der Waals surface area contributed by atoms with Crippen molar-refractivity contribution in [1.82, 2.24) is 9.88 Å². The number of hydrogen-bond acceptors (Lipinski definition) is 4. The van der Waals surface area contributed by atoms with Crippen LogP contribution < -0.4 is 5.73 Å². The Morgan fingerprint density at radius 1 is 1.50 bits per heavy atom. The van der Waals surface area contributed by atoms with Crippen LogP contribution in [0.2, 0.25) is 0 Å². The second kappa shape index (κ2) is 5.40. The van der Waals surface area contributed by atoms with E-state index in [4.69, 9.17) is 5.73 Å². The summed E-state index contributed by atoms with van der Waals surface area (Å²) in [6.07, 6.45) is 4.49. The predicted octanol–water partition coefficient (Wildman–Crippen LogP) is 3.28. The summed E-state index contributed by atoms with van der Waals surface area (Å²) in [5, 5.41) is 0.550. The van der Waals surface area contributed by atoms with Crippen molar-refractivity contribution >= 4 is 32.6 Å². The molecule has 1 amide bonds. The number of benzene rings is 1. The second-order valence-electron chi connectivity index (χ2n) is 5.29. The summed E-state index contributed by atoms with van der Waals surface area (Å²) in [5.74, 6) is 0.144. The summed E-state index contributed by atoms with van der Waals surface area (Å²) < 4.78 is 0.985. The number of likely N-dealkylation sites (tertiary alicyclic amines) is 1. The fraction of sp³-hybridized carbons (Fsp3) is 0.467. The van der Waals surface area contributed by atoms with Gasteiger partial charge in [0.05, 0.1) is 10.2 Å². The van der Waals surface area contributed by atoms with Crippen LogP contribution >= 0.6 is 11.3 Å². The zero-order valence-corrected chi connectivity index (χ0v) is 12.4. The van der Waals surface area contributed by atoms with Crippen molar-refractivity contribution in [2.24, 2.45) is 0 Å². The number of nitrogens with two attached hydrogens (primary N) is 1. The standard InChI is InChI=1S/C15H19N3OS/c1-2-11-5-3-4-8-18(11)14(19)10-6-7-12-13(9-10)20-15(16)17-12/h6-7,9,11H,2-5,8H2,1H3,(H2,16,17). The second-order valence-corrected chi connectivity index (χ2v) is 6.35. The molecule has 4 nitrogen and oxygen atoms in total. The van der Waals surface area contributed by atoms with E-state index in [0.29, 0.717) is 11.2 Å². The van der Waals surface area contributed by atoms with Gasteiger partial charge in [-0.25, -0.2) is 4.98 Å². The maximum Gasteiger partial charge on any atom is 0.254 e. The molecule has 2 N–H and O–H groups in total. The van der Waals surface area contributed by atoms with Gasteiger partial charge in [-0.15, -0.1) is 0 Å². The molecule has 1 aliphatic heterocycles. The van der Waals surface area contributed by atoms with Crippen LogP contribution in [0.25, 0.3) is 10.2 Å². The summed E-state index contributed by atoms with van der Waals surface area (Å²) >= 11 is 1.43. The number of aromatic nitrogens is 1. The van der Waals surface area contributed by atoms with Gasteiger partial charge in [-0.05, 0) is 43.9 Å². The first-order valence-electron chi connectivity index (χ1n) is 7.16. The molecule has 1 aromatic heterocycles. The van der Waals surface area contributed by atoms with E-state index in [-0.39, 0.29) is 5.91 Å². The third-order valence-corrected chi connectivity index (χ3v) is 4.86. The average molecular weight is 289 g/mol. The fourth-order valence-corrected chi connectivity index (χ4v) is 3.71. The number of thiazole rings is 1. The minimum Gasteiger partial charge on any atom is -0.375 e. The van der Waals surface area contributed by atoms with Crippen molar-refractivity contribution in [3.63, 3.8) is 0 Å². The number of nitrogen functional groups attached to an aromatic ring is 1. The van der Waals surface area contributed by atoms with Crippen LogP contribution in [0.15, 0.2) is 18.2 Å². The highest BCUT2D eigenvalue weighted by atomic mass is 32.1. The highest BCUT2D eigenvalue weighted by Crippen LogP contribution is 2.27. The Kier molecular flexibility index (Phi) is 3.61. The van der Waals surface area contributed by atoms with Gasteiger partial charge in [-0.3, -0.25) is 4.79 Å². The van der Waals surface area contributed by atoms with Gasteiger partial charge in [0.15, 0.2) is 5.13 Å². The molecule has 0 bridgehead atoms. The Morgan fingerprint density at radius 2 is 2.35 bits per heavy atom. The number of carbonyl (C=O) groups excluding carboxylic acids is 1. The molecule has 1 unspecified atom stereocenters. The van der Waals surface area contributed by atoms with Crippen LogP contribution in [0.4, 0.5) is 5.13 Å². The number of anilines is 1. The lowest BCUT2D eigenvalue weighted by Gasteiger charge is -2.35. The van der Waals surface area contributed by atoms with Gasteiger partial charge in [0.1, 0.15) is 0 Å². The van der Waals surface area contributed by atoms with Crippen molar-refractivity contribution in [3.8, 4) is 0 Å². The molecule has 20 heavy (non-hydrogen) atoms. The maximum absolute atomic E-state index is 12.7. The fourth-order valence-electron chi connectivity index (χ4n) is 2.93. The number of nitrogens with zero attached hydrogens (tertiary/aromatic N) is 2. The number of fused-ring (bicyclic) bond motifs is 1. The van der Waals surface area contributed by atoms with Crippen LogP contribution in [0.1, 0.15) is 43.0 Å². The van der Waals surface area contributed by atoms with Crippen molar-refractivity contribution in [1.29, 1.82) is 0 Å². The molecule has 3 rings (SSSR count). The van der Waals surface area contributed by atoms with Crippen LogP contribution in [0.5, 0.6) is 0 Å². The largest absolute Gasteiger partial charge is 0.375 e. The van der Waals surface area contributed by atoms with Gasteiger partial charge < -0.3 is 10.6 Å². The van der Waals surface area contributed by atoms with Gasteiger partial charge in [0.25, 0.3) is 5.91 Å². The minimum absolute atomic E-state index is 0.144. The monoisotopic (exact) mass is 289 g/mol. The summed E-state index contributed by atoms with van der Waals surface area (Å²) in [5.41, 5.74) is 7.34. The van der Waals surface area contributed by atoms with Gasteiger partial charge in [0, 0.05) is 18.2 Å². The lowest BCUT2D eigenvalue weighted by atomic mass is 9.99. The maximum atomic E-state index is 12.7. The molecule has 5 heteroatoms. The first kappa shape index (κ1) is 13.4. The number of hydrogen-bond donors (Lipinski definition) is 1. The third kappa shape index (κ3) is 2.38. The molecule has 2 heterocycles. The topological polar surface area (TPSA) is 59.2 Å². The lowest BCUT2D eigenvalue weighted by molar-refractivity contribution is 0.0608. The van der Waals surface area contributed by atoms with E-state index in [1.807, 2.05) is 23.1 Å². The molecule has 1 fully saturated rings. The van der Waals surface area contributed by atoms with E-state index in [0.717, 1.165) is 41.6 Å². The van der Waals surface area contributed by atoms with E-state index >= 15 is 0 Å². The first-order chi connectivity index (χ1) is 9.69. The zero-order chi connectivity index (χ0) is 14.1. The summed E-state index contributed by atoms with van der Waals surface area (Å²) in [6, 6.07) is 6.07. The Morgan fingerprint density at radius 3 is 3.15 bits per heavy atom. The van der Waals surface area contributed by atoms with Crippen molar-refractivity contribution in [2.75, 3.05) is 12.3 Å². The Hall–Kier alpha value is -1.62. The number of amides is 1. The van der Waals surface area contributed by atoms with Gasteiger partial charge >= 0.3 is 0 Å². The molecular formula is C15H19N3OS. The highest BCUT2D eigenvalue weighted by Gasteiger charge is 2.26. The van der Waals surface area contributed by atoms with Crippen LogP contribution in [0.3, 0.4) is 0 Å². The molecule has 0 saturated carbocycles. The molecule has 1 aliphatic rings.